The molecule has 0 spiro atoms. The second kappa shape index (κ2) is 8.29. The zero-order valence-electron chi connectivity index (χ0n) is 16.4. The monoisotopic (exact) mass is 386 g/mol. The number of pyridine rings is 1. The molecule has 0 aliphatic carbocycles. The summed E-state index contributed by atoms with van der Waals surface area (Å²) in [4.78, 5) is 9.04. The largest absolute Gasteiger partial charge is 0.472 e. The van der Waals surface area contributed by atoms with Crippen molar-refractivity contribution in [3.63, 3.8) is 0 Å². The third kappa shape index (κ3) is 4.36. The van der Waals surface area contributed by atoms with E-state index >= 15 is 0 Å². The van der Waals surface area contributed by atoms with E-state index in [1.54, 1.807) is 13.0 Å². The highest BCUT2D eigenvalue weighted by Crippen LogP contribution is 2.27. The van der Waals surface area contributed by atoms with Crippen LogP contribution in [-0.2, 0) is 6.61 Å². The zero-order chi connectivity index (χ0) is 20.2. The lowest BCUT2D eigenvalue weighted by Crippen LogP contribution is -2.04. The number of nitrogens with zero attached hydrogens (tertiary/aromatic N) is 2. The first-order valence-corrected chi connectivity index (χ1v) is 9.50. The van der Waals surface area contributed by atoms with Crippen molar-refractivity contribution in [3.8, 4) is 5.88 Å². The quantitative estimate of drug-likeness (QED) is 0.485. The Labute approximate surface area is 169 Å². The summed E-state index contributed by atoms with van der Waals surface area (Å²) in [5, 5.41) is 10.1. The van der Waals surface area contributed by atoms with Crippen molar-refractivity contribution in [2.24, 2.45) is 0 Å². The van der Waals surface area contributed by atoms with Crippen LogP contribution in [0.5, 0.6) is 5.88 Å². The molecule has 4 aromatic rings. The molecule has 5 nitrogen and oxygen atoms in total. The van der Waals surface area contributed by atoms with Gasteiger partial charge >= 0.3 is 0 Å². The first-order valence-electron chi connectivity index (χ1n) is 9.50. The summed E-state index contributed by atoms with van der Waals surface area (Å²) >= 11 is 0. The van der Waals surface area contributed by atoms with Crippen LogP contribution in [0.15, 0.2) is 65.1 Å². The van der Waals surface area contributed by atoms with E-state index in [4.69, 9.17) is 9.15 Å². The van der Waals surface area contributed by atoms with Crippen molar-refractivity contribution in [3.05, 3.63) is 88.9 Å². The van der Waals surface area contributed by atoms with E-state index < -0.39 is 6.10 Å². The van der Waals surface area contributed by atoms with Crippen LogP contribution in [0.4, 0.5) is 0 Å². The Bertz CT molecular complexity index is 1110. The highest BCUT2D eigenvalue weighted by molar-refractivity contribution is 5.76. The van der Waals surface area contributed by atoms with Crippen molar-refractivity contribution in [2.45, 2.75) is 26.6 Å². The second-order valence-corrected chi connectivity index (χ2v) is 6.86. The SMILES string of the molecule is Cc1nc(OCc2ccccc2)c(C=Cc2nc3ccccc3o2)cc1C(C)O. The third-order valence-electron chi connectivity index (χ3n) is 4.63. The van der Waals surface area contributed by atoms with E-state index in [9.17, 15) is 5.11 Å². The van der Waals surface area contributed by atoms with Crippen molar-refractivity contribution >= 4 is 23.3 Å². The minimum Gasteiger partial charge on any atom is -0.472 e. The van der Waals surface area contributed by atoms with Gasteiger partial charge in [0.25, 0.3) is 0 Å². The minimum atomic E-state index is -0.623. The van der Waals surface area contributed by atoms with Gasteiger partial charge in [-0.3, -0.25) is 0 Å². The number of aliphatic hydroxyl groups excluding tert-OH is 1. The minimum absolute atomic E-state index is 0.408. The molecule has 1 atom stereocenters. The van der Waals surface area contributed by atoms with Crippen molar-refractivity contribution in [1.29, 1.82) is 0 Å². The summed E-state index contributed by atoms with van der Waals surface area (Å²) in [6.45, 7) is 4.00. The first-order chi connectivity index (χ1) is 14.1. The fourth-order valence-electron chi connectivity index (χ4n) is 3.12. The van der Waals surface area contributed by atoms with Gasteiger partial charge in [0.15, 0.2) is 5.58 Å². The van der Waals surface area contributed by atoms with Gasteiger partial charge < -0.3 is 14.3 Å². The van der Waals surface area contributed by atoms with E-state index in [1.807, 2.05) is 73.7 Å². The molecule has 0 aliphatic rings. The summed E-state index contributed by atoms with van der Waals surface area (Å²) in [5.74, 6) is 1.00. The summed E-state index contributed by atoms with van der Waals surface area (Å²) in [6, 6.07) is 19.4. The lowest BCUT2D eigenvalue weighted by atomic mass is 10.1. The number of rotatable bonds is 6. The highest BCUT2D eigenvalue weighted by Gasteiger charge is 2.13. The van der Waals surface area contributed by atoms with Gasteiger partial charge in [0.1, 0.15) is 12.1 Å². The number of oxazole rings is 1. The molecule has 0 aliphatic heterocycles. The Morgan fingerprint density at radius 2 is 1.79 bits per heavy atom. The molecular weight excluding hydrogens is 364 g/mol. The molecule has 0 saturated heterocycles. The Morgan fingerprint density at radius 1 is 1.03 bits per heavy atom. The van der Waals surface area contributed by atoms with Gasteiger partial charge in [0.05, 0.1) is 6.10 Å². The van der Waals surface area contributed by atoms with Crippen LogP contribution in [-0.4, -0.2) is 15.1 Å². The summed E-state index contributed by atoms with van der Waals surface area (Å²) in [7, 11) is 0. The van der Waals surface area contributed by atoms with Crippen LogP contribution < -0.4 is 4.74 Å². The van der Waals surface area contributed by atoms with E-state index in [2.05, 4.69) is 9.97 Å². The number of aryl methyl sites for hydroxylation is 1. The molecule has 0 radical (unpaired) electrons. The number of benzene rings is 2. The van der Waals surface area contributed by atoms with Crippen LogP contribution in [0, 0.1) is 6.92 Å². The Hall–Kier alpha value is -3.44. The molecule has 146 valence electrons. The van der Waals surface area contributed by atoms with Gasteiger partial charge in [-0.05, 0) is 43.7 Å². The zero-order valence-corrected chi connectivity index (χ0v) is 16.4. The third-order valence-corrected chi connectivity index (χ3v) is 4.63. The molecular formula is C24H22N2O3. The molecule has 0 bridgehead atoms. The first kappa shape index (κ1) is 18.9. The number of ether oxygens (including phenoxy) is 1. The number of para-hydroxylation sites is 2. The van der Waals surface area contributed by atoms with Crippen LogP contribution >= 0.6 is 0 Å². The lowest BCUT2D eigenvalue weighted by molar-refractivity contribution is 0.197. The van der Waals surface area contributed by atoms with Crippen LogP contribution in [0.25, 0.3) is 23.3 Å². The smallest absolute Gasteiger partial charge is 0.221 e. The molecule has 1 unspecified atom stereocenters. The number of hydrogen-bond donors (Lipinski definition) is 1. The van der Waals surface area contributed by atoms with Gasteiger partial charge in [0.2, 0.25) is 11.8 Å². The molecule has 0 saturated carbocycles. The normalized spacial score (nSPS) is 12.5. The van der Waals surface area contributed by atoms with Gasteiger partial charge in [-0.25, -0.2) is 9.97 Å². The van der Waals surface area contributed by atoms with Crippen molar-refractivity contribution in [1.82, 2.24) is 9.97 Å². The number of fused-ring (bicyclic) bond motifs is 1. The average Bonchev–Trinajstić information content (AvgIpc) is 3.15. The van der Waals surface area contributed by atoms with Crippen molar-refractivity contribution in [2.75, 3.05) is 0 Å². The second-order valence-electron chi connectivity index (χ2n) is 6.86. The molecule has 2 heterocycles. The van der Waals surface area contributed by atoms with Gasteiger partial charge in [-0.15, -0.1) is 0 Å². The number of aromatic nitrogens is 2. The molecule has 2 aromatic carbocycles. The molecule has 0 amide bonds. The molecule has 5 heteroatoms. The maximum atomic E-state index is 10.1. The molecule has 29 heavy (non-hydrogen) atoms. The highest BCUT2D eigenvalue weighted by atomic mass is 16.5. The van der Waals surface area contributed by atoms with E-state index in [0.717, 1.165) is 33.5 Å². The predicted octanol–water partition coefficient (Wildman–Crippen LogP) is 5.33. The summed E-state index contributed by atoms with van der Waals surface area (Å²) in [6.07, 6.45) is 3.01. The number of hydrogen-bond acceptors (Lipinski definition) is 5. The Morgan fingerprint density at radius 3 is 2.55 bits per heavy atom. The van der Waals surface area contributed by atoms with Crippen molar-refractivity contribution < 1.29 is 14.3 Å². The maximum absolute atomic E-state index is 10.1. The van der Waals surface area contributed by atoms with Gasteiger partial charge in [0, 0.05) is 22.9 Å². The van der Waals surface area contributed by atoms with E-state index in [1.165, 1.54) is 0 Å². The Kier molecular flexibility index (Phi) is 5.40. The standard InChI is InChI=1S/C24H22N2O3/c1-16-20(17(2)27)14-19(24(25-16)28-15-18-8-4-3-5-9-18)12-13-23-26-21-10-6-7-11-22(21)29-23/h3-14,17,27H,15H2,1-2H3. The van der Waals surface area contributed by atoms with Crippen LogP contribution in [0.3, 0.4) is 0 Å². The Balaban J connectivity index is 1.66. The van der Waals surface area contributed by atoms with E-state index in [-0.39, 0.29) is 0 Å². The summed E-state index contributed by atoms with van der Waals surface area (Å²) in [5.41, 5.74) is 4.85. The number of aliphatic hydroxyl groups is 1. The maximum Gasteiger partial charge on any atom is 0.221 e. The lowest BCUT2D eigenvalue weighted by Gasteiger charge is -2.14. The fraction of sp³-hybridized carbons (Fsp3) is 0.167. The summed E-state index contributed by atoms with van der Waals surface area (Å²) < 4.78 is 11.7. The van der Waals surface area contributed by atoms with Gasteiger partial charge in [-0.1, -0.05) is 42.5 Å². The molecule has 0 fully saturated rings. The van der Waals surface area contributed by atoms with Gasteiger partial charge in [-0.2, -0.15) is 0 Å². The van der Waals surface area contributed by atoms with Crippen LogP contribution in [0.2, 0.25) is 0 Å². The fourth-order valence-corrected chi connectivity index (χ4v) is 3.12. The molecule has 1 N–H and O–H groups in total. The van der Waals surface area contributed by atoms with Crippen LogP contribution in [0.1, 0.15) is 41.3 Å². The molecule has 2 aromatic heterocycles. The molecule has 4 rings (SSSR count). The van der Waals surface area contributed by atoms with E-state index in [0.29, 0.717) is 18.4 Å². The predicted molar refractivity (Wildman–Crippen MR) is 113 cm³/mol. The average molecular weight is 386 g/mol. The topological polar surface area (TPSA) is 68.4 Å².